The highest BCUT2D eigenvalue weighted by atomic mass is 79.9. The molecular weight excluding hydrogens is 382 g/mol. The van der Waals surface area contributed by atoms with Crippen LogP contribution in [-0.2, 0) is 13.6 Å². The number of aryl methyl sites for hydroxylation is 1. The monoisotopic (exact) mass is 393 g/mol. The largest absolute Gasteiger partial charge is 0.377 e. The van der Waals surface area contributed by atoms with Gasteiger partial charge in [-0.25, -0.2) is 4.98 Å². The first-order chi connectivity index (χ1) is 9.65. The molecule has 0 saturated heterocycles. The zero-order valence-corrected chi connectivity index (χ0v) is 14.1. The van der Waals surface area contributed by atoms with Crippen LogP contribution in [0.1, 0.15) is 5.82 Å². The van der Waals surface area contributed by atoms with E-state index in [1.54, 1.807) is 0 Å². The molecule has 0 amide bonds. The van der Waals surface area contributed by atoms with Gasteiger partial charge in [-0.15, -0.1) is 0 Å². The maximum Gasteiger partial charge on any atom is 0.128 e. The molecule has 1 aromatic heterocycles. The fourth-order valence-corrected chi connectivity index (χ4v) is 2.91. The summed E-state index contributed by atoms with van der Waals surface area (Å²) in [5.74, 6) is 1.01. The van der Waals surface area contributed by atoms with Gasteiger partial charge in [0, 0.05) is 21.7 Å². The molecule has 0 saturated carbocycles. The van der Waals surface area contributed by atoms with Gasteiger partial charge in [0.1, 0.15) is 5.82 Å². The van der Waals surface area contributed by atoms with Gasteiger partial charge in [0.2, 0.25) is 0 Å². The Morgan fingerprint density at radius 2 is 1.95 bits per heavy atom. The van der Waals surface area contributed by atoms with E-state index in [1.165, 1.54) is 0 Å². The first-order valence-corrected chi connectivity index (χ1v) is 7.83. The SMILES string of the molecule is Cn1c(CNc2cc(Br)ccc2Br)nc2ccccc21. The Bertz CT molecular complexity index is 765. The van der Waals surface area contributed by atoms with Crippen LogP contribution in [0.25, 0.3) is 11.0 Å². The number of hydrogen-bond donors (Lipinski definition) is 1. The fourth-order valence-electron chi connectivity index (χ4n) is 2.16. The third-order valence-electron chi connectivity index (χ3n) is 3.25. The van der Waals surface area contributed by atoms with Crippen molar-refractivity contribution in [2.24, 2.45) is 7.05 Å². The van der Waals surface area contributed by atoms with E-state index >= 15 is 0 Å². The molecule has 0 unspecified atom stereocenters. The highest BCUT2D eigenvalue weighted by Crippen LogP contribution is 2.26. The van der Waals surface area contributed by atoms with E-state index in [2.05, 4.69) is 52.8 Å². The molecular formula is C15H13Br2N3. The normalized spacial score (nSPS) is 10.9. The Kier molecular flexibility index (Phi) is 3.81. The average molecular weight is 395 g/mol. The van der Waals surface area contributed by atoms with Gasteiger partial charge in [0.05, 0.1) is 17.6 Å². The first-order valence-electron chi connectivity index (χ1n) is 6.24. The molecule has 0 radical (unpaired) electrons. The minimum Gasteiger partial charge on any atom is -0.377 e. The molecule has 3 nitrogen and oxygen atoms in total. The molecule has 0 aliphatic carbocycles. The zero-order valence-electron chi connectivity index (χ0n) is 10.9. The number of imidazole rings is 1. The minimum atomic E-state index is 0.681. The van der Waals surface area contributed by atoms with Crippen LogP contribution >= 0.6 is 31.9 Å². The summed E-state index contributed by atoms with van der Waals surface area (Å²) >= 11 is 7.03. The number of para-hydroxylation sites is 2. The third-order valence-corrected chi connectivity index (χ3v) is 4.43. The maximum absolute atomic E-state index is 4.65. The van der Waals surface area contributed by atoms with Crippen LogP contribution in [0.15, 0.2) is 51.4 Å². The lowest BCUT2D eigenvalue weighted by molar-refractivity contribution is 0.834. The zero-order chi connectivity index (χ0) is 14.1. The second-order valence-corrected chi connectivity index (χ2v) is 6.32. The molecule has 3 aromatic rings. The van der Waals surface area contributed by atoms with Crippen LogP contribution in [-0.4, -0.2) is 9.55 Å². The number of nitrogens with one attached hydrogen (secondary N) is 1. The lowest BCUT2D eigenvalue weighted by atomic mass is 10.3. The standard InChI is InChI=1S/C15H13Br2N3/c1-20-14-5-3-2-4-12(14)19-15(20)9-18-13-8-10(16)6-7-11(13)17/h2-8,18H,9H2,1H3. The van der Waals surface area contributed by atoms with E-state index < -0.39 is 0 Å². The smallest absolute Gasteiger partial charge is 0.128 e. The Balaban J connectivity index is 1.87. The quantitative estimate of drug-likeness (QED) is 0.697. The number of benzene rings is 2. The summed E-state index contributed by atoms with van der Waals surface area (Å²) in [6.07, 6.45) is 0. The number of rotatable bonds is 3. The Hall–Kier alpha value is -1.33. The van der Waals surface area contributed by atoms with E-state index in [9.17, 15) is 0 Å². The molecule has 1 heterocycles. The van der Waals surface area contributed by atoms with E-state index in [4.69, 9.17) is 0 Å². The van der Waals surface area contributed by atoms with E-state index in [0.717, 1.165) is 31.5 Å². The summed E-state index contributed by atoms with van der Waals surface area (Å²) in [7, 11) is 2.04. The summed E-state index contributed by atoms with van der Waals surface area (Å²) in [5.41, 5.74) is 3.23. The number of anilines is 1. The second-order valence-electron chi connectivity index (χ2n) is 4.55. The van der Waals surface area contributed by atoms with Gasteiger partial charge in [-0.05, 0) is 46.3 Å². The van der Waals surface area contributed by atoms with Crippen molar-refractivity contribution in [1.82, 2.24) is 9.55 Å². The molecule has 1 N–H and O–H groups in total. The highest BCUT2D eigenvalue weighted by molar-refractivity contribution is 9.11. The van der Waals surface area contributed by atoms with Crippen LogP contribution in [0.2, 0.25) is 0 Å². The minimum absolute atomic E-state index is 0.681. The molecule has 0 aliphatic rings. The molecule has 0 atom stereocenters. The first kappa shape index (κ1) is 13.6. The van der Waals surface area contributed by atoms with Gasteiger partial charge in [-0.1, -0.05) is 28.1 Å². The molecule has 3 rings (SSSR count). The topological polar surface area (TPSA) is 29.9 Å². The Morgan fingerprint density at radius 1 is 1.15 bits per heavy atom. The van der Waals surface area contributed by atoms with Crippen LogP contribution in [0.4, 0.5) is 5.69 Å². The predicted molar refractivity (Wildman–Crippen MR) is 89.9 cm³/mol. The molecule has 0 fully saturated rings. The van der Waals surface area contributed by atoms with Crippen molar-refractivity contribution in [3.63, 3.8) is 0 Å². The second kappa shape index (κ2) is 5.58. The number of halogens is 2. The van der Waals surface area contributed by atoms with Crippen molar-refractivity contribution in [3.05, 3.63) is 57.2 Å². The van der Waals surface area contributed by atoms with Crippen molar-refractivity contribution in [3.8, 4) is 0 Å². The van der Waals surface area contributed by atoms with Crippen molar-refractivity contribution < 1.29 is 0 Å². The molecule has 20 heavy (non-hydrogen) atoms. The summed E-state index contributed by atoms with van der Waals surface area (Å²) < 4.78 is 4.21. The van der Waals surface area contributed by atoms with Gasteiger partial charge in [0.15, 0.2) is 0 Å². The fraction of sp³-hybridized carbons (Fsp3) is 0.133. The number of hydrogen-bond acceptors (Lipinski definition) is 2. The predicted octanol–water partition coefficient (Wildman–Crippen LogP) is 4.71. The third kappa shape index (κ3) is 2.60. The van der Waals surface area contributed by atoms with Crippen molar-refractivity contribution in [2.75, 3.05) is 5.32 Å². The summed E-state index contributed by atoms with van der Waals surface area (Å²) in [5, 5.41) is 3.41. The van der Waals surface area contributed by atoms with Crippen LogP contribution in [0.5, 0.6) is 0 Å². The van der Waals surface area contributed by atoms with E-state index in [0.29, 0.717) is 6.54 Å². The lowest BCUT2D eigenvalue weighted by Crippen LogP contribution is -2.06. The van der Waals surface area contributed by atoms with Crippen LogP contribution < -0.4 is 5.32 Å². The molecule has 2 aromatic carbocycles. The number of aromatic nitrogens is 2. The number of fused-ring (bicyclic) bond motifs is 1. The molecule has 0 spiro atoms. The van der Waals surface area contributed by atoms with E-state index in [1.807, 2.05) is 43.4 Å². The lowest BCUT2D eigenvalue weighted by Gasteiger charge is -2.09. The van der Waals surface area contributed by atoms with Gasteiger partial charge in [-0.3, -0.25) is 0 Å². The van der Waals surface area contributed by atoms with Gasteiger partial charge in [0.25, 0.3) is 0 Å². The average Bonchev–Trinajstić information content (AvgIpc) is 2.77. The van der Waals surface area contributed by atoms with Gasteiger partial charge >= 0.3 is 0 Å². The van der Waals surface area contributed by atoms with Crippen molar-refractivity contribution in [1.29, 1.82) is 0 Å². The maximum atomic E-state index is 4.65. The molecule has 0 aliphatic heterocycles. The molecule has 5 heteroatoms. The van der Waals surface area contributed by atoms with Gasteiger partial charge in [-0.2, -0.15) is 0 Å². The summed E-state index contributed by atoms with van der Waals surface area (Å²) in [6.45, 7) is 0.681. The highest BCUT2D eigenvalue weighted by Gasteiger charge is 2.07. The Morgan fingerprint density at radius 3 is 2.75 bits per heavy atom. The Labute approximate surface area is 134 Å². The van der Waals surface area contributed by atoms with E-state index in [-0.39, 0.29) is 0 Å². The summed E-state index contributed by atoms with van der Waals surface area (Å²) in [6, 6.07) is 14.2. The van der Waals surface area contributed by atoms with Crippen LogP contribution in [0, 0.1) is 0 Å². The number of nitrogens with zero attached hydrogens (tertiary/aromatic N) is 2. The van der Waals surface area contributed by atoms with Crippen LogP contribution in [0.3, 0.4) is 0 Å². The summed E-state index contributed by atoms with van der Waals surface area (Å²) in [4.78, 5) is 4.65. The molecule has 0 bridgehead atoms. The van der Waals surface area contributed by atoms with Gasteiger partial charge < -0.3 is 9.88 Å². The van der Waals surface area contributed by atoms with Crippen molar-refractivity contribution >= 4 is 48.6 Å². The van der Waals surface area contributed by atoms with Crippen molar-refractivity contribution in [2.45, 2.75) is 6.54 Å². The molecule has 102 valence electrons.